The Bertz CT molecular complexity index is 475. The average molecular weight is 240 g/mol. The van der Waals surface area contributed by atoms with E-state index in [4.69, 9.17) is 16.0 Å². The number of carbonyl (C=O) groups is 2. The van der Waals surface area contributed by atoms with Crippen LogP contribution in [0.15, 0.2) is 22.1 Å². The number of hydrogen-bond donors (Lipinski definition) is 0. The van der Waals surface area contributed by atoms with Gasteiger partial charge < -0.3 is 4.42 Å². The molecule has 0 radical (unpaired) electrons. The summed E-state index contributed by atoms with van der Waals surface area (Å²) in [5, 5.41) is -0.732. The third-order valence-electron chi connectivity index (χ3n) is 2.41. The van der Waals surface area contributed by atoms with Crippen LogP contribution >= 0.6 is 11.6 Å². The first kappa shape index (κ1) is 11.0. The summed E-state index contributed by atoms with van der Waals surface area (Å²) in [6, 6.07) is 3.59. The molecule has 2 amide bonds. The van der Waals surface area contributed by atoms with E-state index < -0.39 is 5.37 Å². The number of likely N-dealkylation sites (tertiary alicyclic amines) is 1. The van der Waals surface area contributed by atoms with E-state index in [0.717, 1.165) is 10.7 Å². The van der Waals surface area contributed by atoms with Gasteiger partial charge in [-0.15, -0.1) is 0 Å². The average Bonchev–Trinajstić information content (AvgIpc) is 2.76. The molecule has 84 valence electrons. The van der Waals surface area contributed by atoms with E-state index in [1.54, 1.807) is 12.1 Å². The topological polar surface area (TPSA) is 50.5 Å². The molecule has 1 aliphatic heterocycles. The van der Waals surface area contributed by atoms with Crippen molar-refractivity contribution in [1.29, 1.82) is 0 Å². The number of rotatable bonds is 1. The van der Waals surface area contributed by atoms with E-state index in [0.29, 0.717) is 24.3 Å². The Hall–Kier alpha value is -1.55. The molecule has 0 aromatic carbocycles. The molecule has 0 aliphatic carbocycles. The number of nitrogens with zero attached hydrogens (tertiary/aromatic N) is 1. The second-order valence-corrected chi connectivity index (χ2v) is 3.90. The quantitative estimate of drug-likeness (QED) is 0.430. The number of halogens is 1. The SMILES string of the molecule is Cc1ccc(C=C2CCN(C(=O)Cl)C2=O)o1. The molecule has 0 spiro atoms. The van der Waals surface area contributed by atoms with Crippen molar-refractivity contribution in [2.75, 3.05) is 6.54 Å². The first-order valence-corrected chi connectivity index (χ1v) is 5.24. The number of carbonyl (C=O) groups excluding carboxylic acids is 2. The fraction of sp³-hybridized carbons (Fsp3) is 0.273. The Morgan fingerprint density at radius 3 is 2.81 bits per heavy atom. The molecule has 0 bridgehead atoms. The van der Waals surface area contributed by atoms with Crippen LogP contribution in [0.5, 0.6) is 0 Å². The molecule has 2 heterocycles. The van der Waals surface area contributed by atoms with Gasteiger partial charge in [-0.1, -0.05) is 0 Å². The molecule has 1 aromatic rings. The lowest BCUT2D eigenvalue weighted by Gasteiger charge is -2.06. The molecule has 0 N–H and O–H groups in total. The lowest BCUT2D eigenvalue weighted by molar-refractivity contribution is -0.121. The third kappa shape index (κ3) is 2.02. The zero-order chi connectivity index (χ0) is 11.7. The number of aryl methyl sites for hydroxylation is 1. The molecule has 1 aliphatic rings. The molecule has 0 atom stereocenters. The zero-order valence-corrected chi connectivity index (χ0v) is 9.45. The van der Waals surface area contributed by atoms with Gasteiger partial charge in [0.15, 0.2) is 0 Å². The summed E-state index contributed by atoms with van der Waals surface area (Å²) in [4.78, 5) is 23.6. The summed E-state index contributed by atoms with van der Waals surface area (Å²) in [7, 11) is 0. The van der Waals surface area contributed by atoms with Crippen LogP contribution < -0.4 is 0 Å². The molecule has 0 saturated carbocycles. The van der Waals surface area contributed by atoms with Gasteiger partial charge in [-0.3, -0.25) is 14.5 Å². The monoisotopic (exact) mass is 239 g/mol. The molecular formula is C11H10ClNO3. The van der Waals surface area contributed by atoms with Crippen molar-refractivity contribution in [2.24, 2.45) is 0 Å². The molecule has 16 heavy (non-hydrogen) atoms. The van der Waals surface area contributed by atoms with Gasteiger partial charge in [0.25, 0.3) is 5.91 Å². The minimum Gasteiger partial charge on any atom is -0.462 e. The lowest BCUT2D eigenvalue weighted by atomic mass is 10.2. The first-order chi connectivity index (χ1) is 7.58. The van der Waals surface area contributed by atoms with Crippen LogP contribution in [0, 0.1) is 6.92 Å². The fourth-order valence-electron chi connectivity index (χ4n) is 1.62. The normalized spacial score (nSPS) is 18.5. The Labute approximate surface area is 97.5 Å². The highest BCUT2D eigenvalue weighted by atomic mass is 35.5. The standard InChI is InChI=1S/C11H10ClNO3/c1-7-2-3-9(16-7)6-8-4-5-13(10(8)14)11(12)15/h2-3,6H,4-5H2,1H3. The van der Waals surface area contributed by atoms with E-state index in [-0.39, 0.29) is 5.91 Å². The molecule has 1 aromatic heterocycles. The Kier molecular flexibility index (Phi) is 2.83. The van der Waals surface area contributed by atoms with Crippen molar-refractivity contribution in [3.63, 3.8) is 0 Å². The molecule has 0 unspecified atom stereocenters. The van der Waals surface area contributed by atoms with Crippen LogP contribution in [0.25, 0.3) is 6.08 Å². The van der Waals surface area contributed by atoms with E-state index >= 15 is 0 Å². The minimum atomic E-state index is -0.732. The van der Waals surface area contributed by atoms with Crippen LogP contribution in [0.2, 0.25) is 0 Å². The lowest BCUT2D eigenvalue weighted by Crippen LogP contribution is -2.27. The predicted molar refractivity (Wildman–Crippen MR) is 59.0 cm³/mol. The maximum atomic E-state index is 11.7. The van der Waals surface area contributed by atoms with Crippen LogP contribution in [0.4, 0.5) is 4.79 Å². The van der Waals surface area contributed by atoms with Crippen LogP contribution in [0.1, 0.15) is 17.9 Å². The van der Waals surface area contributed by atoms with E-state index in [9.17, 15) is 9.59 Å². The van der Waals surface area contributed by atoms with Crippen molar-refractivity contribution in [3.05, 3.63) is 29.2 Å². The smallest absolute Gasteiger partial charge is 0.323 e. The second kappa shape index (κ2) is 4.14. The maximum Gasteiger partial charge on any atom is 0.323 e. The number of amides is 2. The molecule has 4 nitrogen and oxygen atoms in total. The second-order valence-electron chi connectivity index (χ2n) is 3.58. The molecule has 1 saturated heterocycles. The van der Waals surface area contributed by atoms with Gasteiger partial charge in [-0.2, -0.15) is 0 Å². The number of imide groups is 1. The first-order valence-electron chi connectivity index (χ1n) is 4.86. The Morgan fingerprint density at radius 1 is 1.56 bits per heavy atom. The van der Waals surface area contributed by atoms with Gasteiger partial charge in [0.1, 0.15) is 11.5 Å². The number of hydrogen-bond acceptors (Lipinski definition) is 3. The predicted octanol–water partition coefficient (Wildman–Crippen LogP) is 2.56. The third-order valence-corrected chi connectivity index (χ3v) is 2.62. The summed E-state index contributed by atoms with van der Waals surface area (Å²) >= 11 is 5.27. The van der Waals surface area contributed by atoms with Crippen LogP contribution in [-0.2, 0) is 4.79 Å². The van der Waals surface area contributed by atoms with E-state index in [2.05, 4.69) is 0 Å². The minimum absolute atomic E-state index is 0.339. The van der Waals surface area contributed by atoms with Crippen LogP contribution in [0.3, 0.4) is 0 Å². The summed E-state index contributed by atoms with van der Waals surface area (Å²) in [5.41, 5.74) is 0.545. The highest BCUT2D eigenvalue weighted by Gasteiger charge is 2.29. The zero-order valence-electron chi connectivity index (χ0n) is 8.70. The molecule has 1 fully saturated rings. The highest BCUT2D eigenvalue weighted by Crippen LogP contribution is 2.22. The summed E-state index contributed by atoms with van der Waals surface area (Å²) in [6.45, 7) is 2.17. The van der Waals surface area contributed by atoms with Gasteiger partial charge in [0, 0.05) is 12.1 Å². The van der Waals surface area contributed by atoms with Gasteiger partial charge in [0.2, 0.25) is 0 Å². The van der Waals surface area contributed by atoms with Gasteiger partial charge in [0.05, 0.1) is 0 Å². The van der Waals surface area contributed by atoms with Crippen molar-refractivity contribution >= 4 is 29.0 Å². The molecular weight excluding hydrogens is 230 g/mol. The fourth-order valence-corrected chi connectivity index (χ4v) is 1.78. The summed E-state index contributed by atoms with van der Waals surface area (Å²) < 4.78 is 5.32. The van der Waals surface area contributed by atoms with Crippen molar-refractivity contribution in [3.8, 4) is 0 Å². The largest absolute Gasteiger partial charge is 0.462 e. The molecule has 2 rings (SSSR count). The van der Waals surface area contributed by atoms with E-state index in [1.165, 1.54) is 0 Å². The van der Waals surface area contributed by atoms with Gasteiger partial charge in [-0.05, 0) is 43.2 Å². The highest BCUT2D eigenvalue weighted by molar-refractivity contribution is 6.64. The molecule has 5 heteroatoms. The van der Waals surface area contributed by atoms with Gasteiger partial charge >= 0.3 is 5.37 Å². The van der Waals surface area contributed by atoms with Crippen molar-refractivity contribution in [1.82, 2.24) is 4.90 Å². The van der Waals surface area contributed by atoms with Crippen molar-refractivity contribution < 1.29 is 14.0 Å². The van der Waals surface area contributed by atoms with Crippen LogP contribution in [-0.4, -0.2) is 22.7 Å². The Balaban J connectivity index is 2.21. The van der Waals surface area contributed by atoms with Gasteiger partial charge in [-0.25, -0.2) is 0 Å². The van der Waals surface area contributed by atoms with Crippen molar-refractivity contribution in [2.45, 2.75) is 13.3 Å². The Morgan fingerprint density at radius 2 is 2.31 bits per heavy atom. The summed E-state index contributed by atoms with van der Waals surface area (Å²) in [5.74, 6) is 1.06. The summed E-state index contributed by atoms with van der Waals surface area (Å²) in [6.07, 6.45) is 2.16. The van der Waals surface area contributed by atoms with E-state index in [1.807, 2.05) is 13.0 Å². The number of furan rings is 1. The maximum absolute atomic E-state index is 11.7.